The minimum absolute atomic E-state index is 0.172. The van der Waals surface area contributed by atoms with Crippen molar-refractivity contribution in [1.82, 2.24) is 4.98 Å². The van der Waals surface area contributed by atoms with Gasteiger partial charge in [-0.1, -0.05) is 23.2 Å². The van der Waals surface area contributed by atoms with Crippen LogP contribution < -0.4 is 4.90 Å². The number of hydrogen-bond acceptors (Lipinski definition) is 3. The predicted octanol–water partition coefficient (Wildman–Crippen LogP) is 2.35. The van der Waals surface area contributed by atoms with Crippen LogP contribution in [-0.4, -0.2) is 29.3 Å². The molecule has 0 amide bonds. The van der Waals surface area contributed by atoms with Gasteiger partial charge in [0.25, 0.3) is 0 Å². The molecule has 0 spiro atoms. The number of pyridine rings is 1. The molecular formula is C10H12Cl2N2O. The van der Waals surface area contributed by atoms with E-state index in [1.807, 2.05) is 0 Å². The summed E-state index contributed by atoms with van der Waals surface area (Å²) in [6, 6.07) is 3.59. The van der Waals surface area contributed by atoms with Crippen LogP contribution in [0, 0.1) is 0 Å². The number of anilines is 1. The number of aromatic nitrogens is 1. The molecule has 1 aromatic heterocycles. The number of aliphatic hydroxyl groups excluding tert-OH is 1. The summed E-state index contributed by atoms with van der Waals surface area (Å²) in [5.74, 6) is 0. The van der Waals surface area contributed by atoms with Gasteiger partial charge >= 0.3 is 0 Å². The van der Waals surface area contributed by atoms with Gasteiger partial charge in [0.05, 0.1) is 6.10 Å². The van der Waals surface area contributed by atoms with Gasteiger partial charge in [0.1, 0.15) is 10.3 Å². The molecule has 82 valence electrons. The molecule has 1 saturated heterocycles. The first-order chi connectivity index (χ1) is 7.15. The van der Waals surface area contributed by atoms with E-state index in [0.717, 1.165) is 31.6 Å². The second-order valence-corrected chi connectivity index (χ2v) is 4.46. The summed E-state index contributed by atoms with van der Waals surface area (Å²) < 4.78 is 0. The lowest BCUT2D eigenvalue weighted by atomic mass is 10.1. The molecule has 2 rings (SSSR count). The van der Waals surface area contributed by atoms with Gasteiger partial charge in [0.15, 0.2) is 0 Å². The molecule has 1 aliphatic rings. The Morgan fingerprint density at radius 2 is 1.73 bits per heavy atom. The van der Waals surface area contributed by atoms with Crippen LogP contribution in [0.5, 0.6) is 0 Å². The second-order valence-electron chi connectivity index (χ2n) is 3.69. The molecule has 0 atom stereocenters. The molecule has 1 fully saturated rings. The van der Waals surface area contributed by atoms with Crippen LogP contribution in [0.3, 0.4) is 0 Å². The van der Waals surface area contributed by atoms with Crippen molar-refractivity contribution in [2.75, 3.05) is 18.0 Å². The van der Waals surface area contributed by atoms with Crippen LogP contribution >= 0.6 is 23.2 Å². The van der Waals surface area contributed by atoms with Crippen LogP contribution in [0.1, 0.15) is 12.8 Å². The largest absolute Gasteiger partial charge is 0.393 e. The SMILES string of the molecule is OC1CCN(c2cc(Cl)nc(Cl)c2)CC1. The smallest absolute Gasteiger partial charge is 0.132 e. The van der Waals surface area contributed by atoms with E-state index in [1.54, 1.807) is 12.1 Å². The van der Waals surface area contributed by atoms with Gasteiger partial charge in [-0.05, 0) is 25.0 Å². The quantitative estimate of drug-likeness (QED) is 0.774. The number of nitrogens with zero attached hydrogens (tertiary/aromatic N) is 2. The molecule has 5 heteroatoms. The summed E-state index contributed by atoms with van der Waals surface area (Å²) >= 11 is 11.7. The van der Waals surface area contributed by atoms with Crippen LogP contribution in [0.25, 0.3) is 0 Å². The molecule has 1 aromatic rings. The van der Waals surface area contributed by atoms with Crippen LogP contribution in [-0.2, 0) is 0 Å². The lowest BCUT2D eigenvalue weighted by molar-refractivity contribution is 0.145. The van der Waals surface area contributed by atoms with Crippen molar-refractivity contribution in [3.05, 3.63) is 22.4 Å². The first-order valence-corrected chi connectivity index (χ1v) is 5.67. The minimum atomic E-state index is -0.172. The van der Waals surface area contributed by atoms with Gasteiger partial charge in [-0.25, -0.2) is 4.98 Å². The summed E-state index contributed by atoms with van der Waals surface area (Å²) in [6.45, 7) is 1.66. The Hall–Kier alpha value is -0.510. The normalized spacial score (nSPS) is 18.2. The fourth-order valence-electron chi connectivity index (χ4n) is 1.76. The van der Waals surface area contributed by atoms with Gasteiger partial charge in [-0.3, -0.25) is 0 Å². The van der Waals surface area contributed by atoms with Crippen LogP contribution in [0.15, 0.2) is 12.1 Å². The van der Waals surface area contributed by atoms with Crippen molar-refractivity contribution in [3.63, 3.8) is 0 Å². The molecule has 15 heavy (non-hydrogen) atoms. The Kier molecular flexibility index (Phi) is 3.34. The van der Waals surface area contributed by atoms with E-state index < -0.39 is 0 Å². The van der Waals surface area contributed by atoms with E-state index in [-0.39, 0.29) is 6.10 Å². The Labute approximate surface area is 98.6 Å². The monoisotopic (exact) mass is 246 g/mol. The second kappa shape index (κ2) is 4.56. The Morgan fingerprint density at radius 1 is 1.20 bits per heavy atom. The van der Waals surface area contributed by atoms with Gasteiger partial charge in [0.2, 0.25) is 0 Å². The average molecular weight is 247 g/mol. The molecule has 3 nitrogen and oxygen atoms in total. The van der Waals surface area contributed by atoms with Crippen molar-refractivity contribution in [2.24, 2.45) is 0 Å². The third-order valence-corrected chi connectivity index (χ3v) is 2.96. The molecule has 0 radical (unpaired) electrons. The van der Waals surface area contributed by atoms with Crippen LogP contribution in [0.4, 0.5) is 5.69 Å². The molecule has 2 heterocycles. The summed E-state index contributed by atoms with van der Waals surface area (Å²) in [5, 5.41) is 10.2. The van der Waals surface area contributed by atoms with Gasteiger partial charge in [-0.15, -0.1) is 0 Å². The lowest BCUT2D eigenvalue weighted by Gasteiger charge is -2.31. The van der Waals surface area contributed by atoms with Gasteiger partial charge < -0.3 is 10.0 Å². The van der Waals surface area contributed by atoms with Crippen molar-refractivity contribution in [3.8, 4) is 0 Å². The van der Waals surface area contributed by atoms with Crippen molar-refractivity contribution in [2.45, 2.75) is 18.9 Å². The van der Waals surface area contributed by atoms with E-state index in [4.69, 9.17) is 23.2 Å². The number of hydrogen-bond donors (Lipinski definition) is 1. The number of aliphatic hydroxyl groups is 1. The topological polar surface area (TPSA) is 36.4 Å². The molecule has 0 unspecified atom stereocenters. The zero-order valence-electron chi connectivity index (χ0n) is 8.16. The van der Waals surface area contributed by atoms with Gasteiger partial charge in [0, 0.05) is 18.8 Å². The molecule has 1 N–H and O–H groups in total. The maximum absolute atomic E-state index is 9.39. The van der Waals surface area contributed by atoms with E-state index in [0.29, 0.717) is 10.3 Å². The molecular weight excluding hydrogens is 235 g/mol. The molecule has 0 aromatic carbocycles. The molecule has 0 aliphatic carbocycles. The highest BCUT2D eigenvalue weighted by Gasteiger charge is 2.17. The van der Waals surface area contributed by atoms with E-state index >= 15 is 0 Å². The minimum Gasteiger partial charge on any atom is -0.393 e. The first-order valence-electron chi connectivity index (χ1n) is 4.91. The fraction of sp³-hybridized carbons (Fsp3) is 0.500. The van der Waals surface area contributed by atoms with Crippen molar-refractivity contribution < 1.29 is 5.11 Å². The van der Waals surface area contributed by atoms with E-state index in [1.165, 1.54) is 0 Å². The Morgan fingerprint density at radius 3 is 2.27 bits per heavy atom. The Bertz CT molecular complexity index is 331. The third kappa shape index (κ3) is 2.74. The predicted molar refractivity (Wildman–Crippen MR) is 61.7 cm³/mol. The highest BCUT2D eigenvalue weighted by molar-refractivity contribution is 6.32. The maximum atomic E-state index is 9.39. The summed E-state index contributed by atoms with van der Waals surface area (Å²) in [4.78, 5) is 6.06. The standard InChI is InChI=1S/C10H12Cl2N2O/c11-9-5-7(6-10(12)13-9)14-3-1-8(15)2-4-14/h5-6,8,15H,1-4H2. The summed E-state index contributed by atoms with van der Waals surface area (Å²) in [7, 11) is 0. The summed E-state index contributed by atoms with van der Waals surface area (Å²) in [5.41, 5.74) is 0.979. The zero-order valence-corrected chi connectivity index (χ0v) is 9.67. The molecule has 1 aliphatic heterocycles. The lowest BCUT2D eigenvalue weighted by Crippen LogP contribution is -2.35. The van der Waals surface area contributed by atoms with E-state index in [2.05, 4.69) is 9.88 Å². The van der Waals surface area contributed by atoms with Crippen molar-refractivity contribution in [1.29, 1.82) is 0 Å². The molecule has 0 bridgehead atoms. The average Bonchev–Trinajstić information content (AvgIpc) is 2.17. The van der Waals surface area contributed by atoms with Gasteiger partial charge in [-0.2, -0.15) is 0 Å². The first kappa shape index (κ1) is 11.0. The third-order valence-electron chi connectivity index (χ3n) is 2.58. The highest BCUT2D eigenvalue weighted by atomic mass is 35.5. The van der Waals surface area contributed by atoms with Crippen molar-refractivity contribution >= 4 is 28.9 Å². The summed E-state index contributed by atoms with van der Waals surface area (Å²) in [6.07, 6.45) is 1.41. The van der Waals surface area contributed by atoms with Crippen LogP contribution in [0.2, 0.25) is 10.3 Å². The number of rotatable bonds is 1. The van der Waals surface area contributed by atoms with E-state index in [9.17, 15) is 5.11 Å². The fourth-order valence-corrected chi connectivity index (χ4v) is 2.21. The Balaban J connectivity index is 2.15. The number of piperidine rings is 1. The number of halogens is 2. The molecule has 0 saturated carbocycles. The maximum Gasteiger partial charge on any atom is 0.132 e. The zero-order chi connectivity index (χ0) is 10.8. The highest BCUT2D eigenvalue weighted by Crippen LogP contribution is 2.25.